The summed E-state index contributed by atoms with van der Waals surface area (Å²) < 4.78 is 0. The zero-order valence-corrected chi connectivity index (χ0v) is 13.0. The van der Waals surface area contributed by atoms with Gasteiger partial charge in [0.05, 0.1) is 0 Å². The van der Waals surface area contributed by atoms with Crippen LogP contribution < -0.4 is 0 Å². The molecule has 108 valence electrons. The first-order valence-electron chi connectivity index (χ1n) is 6.93. The first kappa shape index (κ1) is 17.0. The lowest BCUT2D eigenvalue weighted by Crippen LogP contribution is -1.76. The topological polar surface area (TPSA) is 0 Å². The van der Waals surface area contributed by atoms with Gasteiger partial charge in [-0.25, -0.2) is 0 Å². The van der Waals surface area contributed by atoms with Gasteiger partial charge >= 0.3 is 0 Å². The smallest absolute Gasteiger partial charge is 0.0258 e. The molecule has 0 unspecified atom stereocenters. The van der Waals surface area contributed by atoms with Crippen LogP contribution in [0.3, 0.4) is 0 Å². The molecule has 0 atom stereocenters. The van der Waals surface area contributed by atoms with Crippen molar-refractivity contribution in [1.29, 1.82) is 0 Å². The fourth-order valence-corrected chi connectivity index (χ4v) is 1.86. The van der Waals surface area contributed by atoms with Crippen molar-refractivity contribution in [2.75, 3.05) is 5.88 Å². The van der Waals surface area contributed by atoms with Crippen molar-refractivity contribution in [3.8, 4) is 0 Å². The van der Waals surface area contributed by atoms with E-state index >= 15 is 0 Å². The number of benzene rings is 2. The minimum atomic E-state index is 0.698. The van der Waals surface area contributed by atoms with Gasteiger partial charge in [0.2, 0.25) is 0 Å². The molecule has 1 heteroatoms. The van der Waals surface area contributed by atoms with Crippen molar-refractivity contribution < 1.29 is 0 Å². The predicted molar refractivity (Wildman–Crippen MR) is 97.4 cm³/mol. The van der Waals surface area contributed by atoms with Crippen LogP contribution in [-0.4, -0.2) is 5.88 Å². The van der Waals surface area contributed by atoms with Gasteiger partial charge in [-0.1, -0.05) is 92.1 Å². The average molecular weight is 297 g/mol. The minimum Gasteiger partial charge on any atom is -0.126 e. The van der Waals surface area contributed by atoms with Crippen LogP contribution in [0.5, 0.6) is 0 Å². The highest BCUT2D eigenvalue weighted by atomic mass is 35.5. The number of hydrogen-bond acceptors (Lipinski definition) is 0. The minimum absolute atomic E-state index is 0.698. The Balaban J connectivity index is 0.000000211. The van der Waals surface area contributed by atoms with Crippen LogP contribution in [0.25, 0.3) is 18.2 Å². The SMILES string of the molecule is C=Cc1ccccc1C=C.ClCCC=Cc1ccccc1. The number of rotatable bonds is 5. The summed E-state index contributed by atoms with van der Waals surface area (Å²) in [5.74, 6) is 0.698. The van der Waals surface area contributed by atoms with E-state index in [1.165, 1.54) is 5.56 Å². The van der Waals surface area contributed by atoms with Crippen molar-refractivity contribution in [1.82, 2.24) is 0 Å². The number of halogens is 1. The molecule has 2 aromatic carbocycles. The summed E-state index contributed by atoms with van der Waals surface area (Å²) in [5, 5.41) is 0. The predicted octanol–water partition coefficient (Wildman–Crippen LogP) is 6.30. The van der Waals surface area contributed by atoms with Gasteiger partial charge in [0.25, 0.3) is 0 Å². The Morgan fingerprint density at radius 1 is 0.810 bits per heavy atom. The first-order chi connectivity index (χ1) is 10.3. The van der Waals surface area contributed by atoms with Crippen LogP contribution in [0.15, 0.2) is 73.8 Å². The largest absolute Gasteiger partial charge is 0.126 e. The van der Waals surface area contributed by atoms with Gasteiger partial charge in [-0.3, -0.25) is 0 Å². The zero-order chi connectivity index (χ0) is 15.3. The molecule has 0 saturated carbocycles. The highest BCUT2D eigenvalue weighted by molar-refractivity contribution is 6.17. The second kappa shape index (κ2) is 10.7. The fourth-order valence-electron chi connectivity index (χ4n) is 1.73. The fraction of sp³-hybridized carbons (Fsp3) is 0.100. The highest BCUT2D eigenvalue weighted by Crippen LogP contribution is 2.10. The molecule has 0 aliphatic carbocycles. The van der Waals surface area contributed by atoms with Crippen molar-refractivity contribution >= 4 is 29.8 Å². The number of alkyl halides is 1. The Labute approximate surface area is 133 Å². The maximum Gasteiger partial charge on any atom is 0.0258 e. The van der Waals surface area contributed by atoms with Crippen molar-refractivity contribution in [3.05, 3.63) is 90.5 Å². The van der Waals surface area contributed by atoms with Crippen LogP contribution in [0.1, 0.15) is 23.1 Å². The molecule has 0 saturated heterocycles. The number of hydrogen-bond donors (Lipinski definition) is 0. The molecule has 0 N–H and O–H groups in total. The van der Waals surface area contributed by atoms with Crippen LogP contribution in [0.2, 0.25) is 0 Å². The molecule has 0 aromatic heterocycles. The zero-order valence-electron chi connectivity index (χ0n) is 12.2. The number of allylic oxidation sites excluding steroid dienone is 1. The van der Waals surface area contributed by atoms with E-state index in [1.807, 2.05) is 54.6 Å². The molecule has 2 rings (SSSR count). The Bertz CT molecular complexity index is 540. The molecule has 0 bridgehead atoms. The summed E-state index contributed by atoms with van der Waals surface area (Å²) in [4.78, 5) is 0. The average Bonchev–Trinajstić information content (AvgIpc) is 2.56. The third-order valence-corrected chi connectivity index (χ3v) is 3.04. The van der Waals surface area contributed by atoms with Gasteiger partial charge in [0.15, 0.2) is 0 Å². The molecule has 0 heterocycles. The summed E-state index contributed by atoms with van der Waals surface area (Å²) in [6, 6.07) is 18.2. The van der Waals surface area contributed by atoms with E-state index in [4.69, 9.17) is 11.6 Å². The summed E-state index contributed by atoms with van der Waals surface area (Å²) in [5.41, 5.74) is 3.51. The molecule has 0 fully saturated rings. The summed E-state index contributed by atoms with van der Waals surface area (Å²) in [6.07, 6.45) is 8.77. The normalized spacial score (nSPS) is 9.76. The molecular weight excluding hydrogens is 276 g/mol. The summed E-state index contributed by atoms with van der Waals surface area (Å²) in [7, 11) is 0. The molecule has 0 amide bonds. The van der Waals surface area contributed by atoms with Gasteiger partial charge in [-0.05, 0) is 23.1 Å². The van der Waals surface area contributed by atoms with E-state index in [-0.39, 0.29) is 0 Å². The van der Waals surface area contributed by atoms with Crippen molar-refractivity contribution in [3.63, 3.8) is 0 Å². The summed E-state index contributed by atoms with van der Waals surface area (Å²) >= 11 is 5.52. The van der Waals surface area contributed by atoms with E-state index in [9.17, 15) is 0 Å². The van der Waals surface area contributed by atoms with Crippen molar-refractivity contribution in [2.45, 2.75) is 6.42 Å². The maximum atomic E-state index is 5.52. The van der Waals surface area contributed by atoms with E-state index in [0.29, 0.717) is 5.88 Å². The molecule has 2 aromatic rings. The molecular formula is C20H21Cl. The van der Waals surface area contributed by atoms with Gasteiger partial charge in [0, 0.05) is 5.88 Å². The van der Waals surface area contributed by atoms with Crippen LogP contribution in [0, 0.1) is 0 Å². The lowest BCUT2D eigenvalue weighted by Gasteiger charge is -1.96. The van der Waals surface area contributed by atoms with E-state index in [1.54, 1.807) is 0 Å². The molecule has 21 heavy (non-hydrogen) atoms. The van der Waals surface area contributed by atoms with E-state index in [2.05, 4.69) is 37.4 Å². The van der Waals surface area contributed by atoms with Crippen molar-refractivity contribution in [2.24, 2.45) is 0 Å². The second-order valence-electron chi connectivity index (χ2n) is 4.33. The van der Waals surface area contributed by atoms with Gasteiger partial charge in [-0.2, -0.15) is 0 Å². The van der Waals surface area contributed by atoms with Crippen LogP contribution in [-0.2, 0) is 0 Å². The summed E-state index contributed by atoms with van der Waals surface area (Å²) in [6.45, 7) is 7.38. The second-order valence-corrected chi connectivity index (χ2v) is 4.71. The van der Waals surface area contributed by atoms with Crippen LogP contribution in [0.4, 0.5) is 0 Å². The van der Waals surface area contributed by atoms with E-state index in [0.717, 1.165) is 17.5 Å². The lowest BCUT2D eigenvalue weighted by atomic mass is 10.1. The third kappa shape index (κ3) is 6.78. The molecule has 0 spiro atoms. The van der Waals surface area contributed by atoms with Gasteiger partial charge in [-0.15, -0.1) is 11.6 Å². The Morgan fingerprint density at radius 2 is 1.33 bits per heavy atom. The lowest BCUT2D eigenvalue weighted by molar-refractivity contribution is 1.24. The maximum absolute atomic E-state index is 5.52. The van der Waals surface area contributed by atoms with Crippen LogP contribution >= 0.6 is 11.6 Å². The molecule has 0 aliphatic heterocycles. The molecule has 0 aliphatic rings. The van der Waals surface area contributed by atoms with Gasteiger partial charge < -0.3 is 0 Å². The monoisotopic (exact) mass is 296 g/mol. The van der Waals surface area contributed by atoms with Gasteiger partial charge in [0.1, 0.15) is 0 Å². The highest BCUT2D eigenvalue weighted by Gasteiger charge is 1.89. The quantitative estimate of drug-likeness (QED) is 0.568. The Morgan fingerprint density at radius 3 is 1.81 bits per heavy atom. The first-order valence-corrected chi connectivity index (χ1v) is 7.46. The standard InChI is InChI=1S/C10H11Cl.C10H10/c11-9-5-4-8-10-6-2-1-3-7-10;1-3-9-7-5-6-8-10(9)4-2/h1-4,6-8H,5,9H2;3-8H,1-2H2. The third-order valence-electron chi connectivity index (χ3n) is 2.82. The Hall–Kier alpha value is -2.05. The molecule has 0 radical (unpaired) electrons. The molecule has 0 nitrogen and oxygen atoms in total. The Kier molecular flexibility index (Phi) is 8.67. The van der Waals surface area contributed by atoms with E-state index < -0.39 is 0 Å².